The maximum absolute atomic E-state index is 9.59. The molecule has 1 heterocycles. The van der Waals surface area contributed by atoms with Crippen LogP contribution in [0.5, 0.6) is 11.5 Å². The molecule has 0 radical (unpaired) electrons. The summed E-state index contributed by atoms with van der Waals surface area (Å²) < 4.78 is 16.7. The molecule has 0 aliphatic carbocycles. The summed E-state index contributed by atoms with van der Waals surface area (Å²) in [5, 5.41) is 9.59. The van der Waals surface area contributed by atoms with E-state index in [-0.39, 0.29) is 18.1 Å². The summed E-state index contributed by atoms with van der Waals surface area (Å²) in [5.74, 6) is 0.575. The van der Waals surface area contributed by atoms with Gasteiger partial charge in [0.1, 0.15) is 0 Å². The largest absolute Gasteiger partial charge is 0.504 e. The molecule has 20 heavy (non-hydrogen) atoms. The zero-order valence-electron chi connectivity index (χ0n) is 12.3. The lowest BCUT2D eigenvalue weighted by Crippen LogP contribution is -2.09. The van der Waals surface area contributed by atoms with Crippen LogP contribution >= 0.6 is 0 Å². The predicted molar refractivity (Wildman–Crippen MR) is 77.0 cm³/mol. The monoisotopic (exact) mass is 280 g/mol. The normalized spacial score (nSPS) is 22.1. The van der Waals surface area contributed by atoms with Crippen LogP contribution < -0.4 is 4.74 Å². The molecular weight excluding hydrogens is 256 g/mol. The first-order chi connectivity index (χ1) is 9.74. The van der Waals surface area contributed by atoms with Crippen molar-refractivity contribution in [3.05, 3.63) is 23.8 Å². The molecule has 1 aliphatic heterocycles. The van der Waals surface area contributed by atoms with E-state index in [1.807, 2.05) is 6.07 Å². The van der Waals surface area contributed by atoms with Crippen molar-refractivity contribution in [2.45, 2.75) is 51.4 Å². The Hall–Kier alpha value is -1.26. The standard InChI is InChI=1S/C16H24O4/c1-3-4-5-6-7-13-11-19-16(20-13)12-8-9-14(17)15(10-12)18-2/h8-10,13,16-17H,3-7,11H2,1-2H3. The minimum absolute atomic E-state index is 0.130. The molecule has 4 heteroatoms. The third-order valence-corrected chi connectivity index (χ3v) is 3.61. The maximum Gasteiger partial charge on any atom is 0.184 e. The van der Waals surface area contributed by atoms with Crippen molar-refractivity contribution >= 4 is 0 Å². The molecule has 112 valence electrons. The smallest absolute Gasteiger partial charge is 0.184 e. The average Bonchev–Trinajstić information content (AvgIpc) is 2.93. The van der Waals surface area contributed by atoms with E-state index in [9.17, 15) is 5.11 Å². The Morgan fingerprint density at radius 2 is 2.15 bits per heavy atom. The lowest BCUT2D eigenvalue weighted by atomic mass is 10.1. The first-order valence-corrected chi connectivity index (χ1v) is 7.38. The molecule has 0 amide bonds. The minimum atomic E-state index is -0.347. The van der Waals surface area contributed by atoms with Gasteiger partial charge in [0, 0.05) is 5.56 Å². The van der Waals surface area contributed by atoms with Gasteiger partial charge in [0.05, 0.1) is 19.8 Å². The summed E-state index contributed by atoms with van der Waals surface area (Å²) in [7, 11) is 1.53. The van der Waals surface area contributed by atoms with Crippen LogP contribution in [-0.4, -0.2) is 24.9 Å². The predicted octanol–water partition coefficient (Wildman–Crippen LogP) is 3.79. The molecule has 1 aromatic carbocycles. The van der Waals surface area contributed by atoms with E-state index in [2.05, 4.69) is 6.92 Å². The first kappa shape index (κ1) is 15.1. The lowest BCUT2D eigenvalue weighted by molar-refractivity contribution is -0.0615. The van der Waals surface area contributed by atoms with Gasteiger partial charge in [-0.05, 0) is 18.6 Å². The number of phenols is 1. The van der Waals surface area contributed by atoms with E-state index in [4.69, 9.17) is 14.2 Å². The van der Waals surface area contributed by atoms with Crippen LogP contribution in [0, 0.1) is 0 Å². The maximum atomic E-state index is 9.59. The average molecular weight is 280 g/mol. The second-order valence-electron chi connectivity index (χ2n) is 5.20. The molecule has 2 unspecified atom stereocenters. The van der Waals surface area contributed by atoms with E-state index >= 15 is 0 Å². The topological polar surface area (TPSA) is 47.9 Å². The van der Waals surface area contributed by atoms with Crippen LogP contribution in [-0.2, 0) is 9.47 Å². The molecule has 2 rings (SSSR count). The van der Waals surface area contributed by atoms with Gasteiger partial charge in [0.2, 0.25) is 0 Å². The molecule has 1 N–H and O–H groups in total. The molecule has 0 saturated carbocycles. The lowest BCUT2D eigenvalue weighted by Gasteiger charge is -2.13. The van der Waals surface area contributed by atoms with Crippen molar-refractivity contribution in [2.24, 2.45) is 0 Å². The fourth-order valence-corrected chi connectivity index (χ4v) is 2.41. The van der Waals surface area contributed by atoms with Crippen LogP contribution in [0.15, 0.2) is 18.2 Å². The van der Waals surface area contributed by atoms with Gasteiger partial charge in [-0.2, -0.15) is 0 Å². The van der Waals surface area contributed by atoms with Gasteiger partial charge in [-0.25, -0.2) is 0 Å². The Morgan fingerprint density at radius 3 is 2.90 bits per heavy atom. The highest BCUT2D eigenvalue weighted by Gasteiger charge is 2.27. The first-order valence-electron chi connectivity index (χ1n) is 7.38. The summed E-state index contributed by atoms with van der Waals surface area (Å²) in [5.41, 5.74) is 0.885. The van der Waals surface area contributed by atoms with E-state index in [1.54, 1.807) is 12.1 Å². The number of phenolic OH excluding ortho intramolecular Hbond substituents is 1. The van der Waals surface area contributed by atoms with Gasteiger partial charge < -0.3 is 19.3 Å². The summed E-state index contributed by atoms with van der Waals surface area (Å²) >= 11 is 0. The van der Waals surface area contributed by atoms with Gasteiger partial charge in [0.15, 0.2) is 17.8 Å². The van der Waals surface area contributed by atoms with E-state index in [1.165, 1.54) is 32.8 Å². The minimum Gasteiger partial charge on any atom is -0.504 e. The highest BCUT2D eigenvalue weighted by atomic mass is 16.7. The van der Waals surface area contributed by atoms with Crippen molar-refractivity contribution in [1.82, 2.24) is 0 Å². The van der Waals surface area contributed by atoms with Gasteiger partial charge in [0.25, 0.3) is 0 Å². The van der Waals surface area contributed by atoms with E-state index in [0.29, 0.717) is 12.4 Å². The summed E-state index contributed by atoms with van der Waals surface area (Å²) in [6.45, 7) is 2.85. The van der Waals surface area contributed by atoms with Crippen molar-refractivity contribution < 1.29 is 19.3 Å². The number of benzene rings is 1. The number of methoxy groups -OCH3 is 1. The van der Waals surface area contributed by atoms with Gasteiger partial charge >= 0.3 is 0 Å². The third-order valence-electron chi connectivity index (χ3n) is 3.61. The molecule has 1 fully saturated rings. The molecule has 0 spiro atoms. The van der Waals surface area contributed by atoms with Crippen LogP contribution in [0.2, 0.25) is 0 Å². The molecule has 1 aromatic rings. The van der Waals surface area contributed by atoms with Crippen LogP contribution in [0.3, 0.4) is 0 Å². The molecule has 0 bridgehead atoms. The number of hydrogen-bond donors (Lipinski definition) is 1. The second kappa shape index (κ2) is 7.50. The number of unbranched alkanes of at least 4 members (excludes halogenated alkanes) is 3. The Kier molecular flexibility index (Phi) is 5.68. The quantitative estimate of drug-likeness (QED) is 0.772. The van der Waals surface area contributed by atoms with Gasteiger partial charge in [-0.15, -0.1) is 0 Å². The van der Waals surface area contributed by atoms with Gasteiger partial charge in [-0.1, -0.05) is 38.7 Å². The third kappa shape index (κ3) is 3.87. The SMILES string of the molecule is CCCCCCC1COC(c2ccc(O)c(OC)c2)O1. The van der Waals surface area contributed by atoms with Crippen LogP contribution in [0.1, 0.15) is 50.9 Å². The Bertz CT molecular complexity index is 419. The van der Waals surface area contributed by atoms with Crippen molar-refractivity contribution in [3.8, 4) is 11.5 Å². The highest BCUT2D eigenvalue weighted by Crippen LogP contribution is 2.34. The Labute approximate surface area is 120 Å². The zero-order chi connectivity index (χ0) is 14.4. The zero-order valence-corrected chi connectivity index (χ0v) is 12.3. The Morgan fingerprint density at radius 1 is 1.30 bits per heavy atom. The number of aromatic hydroxyl groups is 1. The van der Waals surface area contributed by atoms with Gasteiger partial charge in [-0.3, -0.25) is 0 Å². The van der Waals surface area contributed by atoms with Crippen LogP contribution in [0.4, 0.5) is 0 Å². The molecule has 1 aliphatic rings. The summed E-state index contributed by atoms with van der Waals surface area (Å²) in [6.07, 6.45) is 5.86. The molecule has 1 saturated heterocycles. The van der Waals surface area contributed by atoms with Crippen molar-refractivity contribution in [3.63, 3.8) is 0 Å². The fraction of sp³-hybridized carbons (Fsp3) is 0.625. The van der Waals surface area contributed by atoms with E-state index in [0.717, 1.165) is 12.0 Å². The summed E-state index contributed by atoms with van der Waals surface area (Å²) in [4.78, 5) is 0. The molecular formula is C16H24O4. The summed E-state index contributed by atoms with van der Waals surface area (Å²) in [6, 6.07) is 5.18. The highest BCUT2D eigenvalue weighted by molar-refractivity contribution is 5.42. The molecule has 0 aromatic heterocycles. The number of rotatable bonds is 7. The van der Waals surface area contributed by atoms with Crippen LogP contribution in [0.25, 0.3) is 0 Å². The van der Waals surface area contributed by atoms with Crippen molar-refractivity contribution in [1.29, 1.82) is 0 Å². The number of ether oxygens (including phenoxy) is 3. The second-order valence-corrected chi connectivity index (χ2v) is 5.20. The number of hydrogen-bond acceptors (Lipinski definition) is 4. The molecule has 2 atom stereocenters. The Balaban J connectivity index is 1.86. The van der Waals surface area contributed by atoms with Crippen molar-refractivity contribution in [2.75, 3.05) is 13.7 Å². The fourth-order valence-electron chi connectivity index (χ4n) is 2.41. The van der Waals surface area contributed by atoms with E-state index < -0.39 is 0 Å². The molecule has 4 nitrogen and oxygen atoms in total.